The van der Waals surface area contributed by atoms with Crippen LogP contribution < -0.4 is 14.4 Å². The molecule has 0 radical (unpaired) electrons. The average Bonchev–Trinajstić information content (AvgIpc) is 3.22. The van der Waals surface area contributed by atoms with E-state index < -0.39 is 26.6 Å². The second kappa shape index (κ2) is 13.8. The summed E-state index contributed by atoms with van der Waals surface area (Å²) in [6, 6.07) is 11.5. The predicted octanol–water partition coefficient (Wildman–Crippen LogP) is 5.62. The van der Waals surface area contributed by atoms with Crippen molar-refractivity contribution in [1.82, 2.24) is 9.62 Å². The van der Waals surface area contributed by atoms with Crippen molar-refractivity contribution < 1.29 is 27.5 Å². The number of anilines is 1. The molecule has 1 saturated carbocycles. The Balaban J connectivity index is 1.31. The van der Waals surface area contributed by atoms with Crippen molar-refractivity contribution in [2.24, 2.45) is 23.2 Å². The molecule has 1 saturated heterocycles. The molecule has 6 atom stereocenters. The molecule has 2 fully saturated rings. The van der Waals surface area contributed by atoms with Gasteiger partial charge in [-0.25, -0.2) is 13.1 Å². The third kappa shape index (κ3) is 6.75. The van der Waals surface area contributed by atoms with Gasteiger partial charge in [-0.05, 0) is 111 Å². The van der Waals surface area contributed by atoms with E-state index in [4.69, 9.17) is 21.1 Å². The number of carbonyl (C=O) groups excluding carboxylic acids is 2. The van der Waals surface area contributed by atoms with Crippen LogP contribution in [-0.2, 0) is 31.4 Å². The number of nitrogens with one attached hydrogen (secondary N) is 1. The Morgan fingerprint density at radius 2 is 1.86 bits per heavy atom. The Hall–Kier alpha value is -2.66. The van der Waals surface area contributed by atoms with Crippen LogP contribution in [0, 0.1) is 23.2 Å². The van der Waals surface area contributed by atoms with E-state index in [9.17, 15) is 18.0 Å². The molecule has 3 heterocycles. The maximum atomic E-state index is 13.6. The van der Waals surface area contributed by atoms with Crippen LogP contribution in [0.5, 0.6) is 5.75 Å². The van der Waals surface area contributed by atoms with Crippen LogP contribution in [0.25, 0.3) is 0 Å². The average molecular weight is 712 g/mol. The van der Waals surface area contributed by atoms with Crippen LogP contribution >= 0.6 is 11.6 Å². The molecule has 1 spiro atoms. The summed E-state index contributed by atoms with van der Waals surface area (Å²) in [5.74, 6) is 0.349. The molecule has 11 heteroatoms. The van der Waals surface area contributed by atoms with E-state index in [1.54, 1.807) is 19.1 Å². The Morgan fingerprint density at radius 3 is 2.61 bits per heavy atom. The van der Waals surface area contributed by atoms with E-state index in [1.165, 1.54) is 17.4 Å². The van der Waals surface area contributed by atoms with Crippen molar-refractivity contribution in [1.29, 1.82) is 0 Å². The van der Waals surface area contributed by atoms with Gasteiger partial charge in [-0.2, -0.15) is 0 Å². The number of amides is 1. The molecule has 9 nitrogen and oxygen atoms in total. The number of sulfonamides is 1. The predicted molar refractivity (Wildman–Crippen MR) is 191 cm³/mol. The second-order valence-corrected chi connectivity index (χ2v) is 18.0. The number of aldehydes is 1. The third-order valence-electron chi connectivity index (χ3n) is 12.6. The molecule has 2 aromatic rings. The van der Waals surface area contributed by atoms with E-state index in [0.29, 0.717) is 51.5 Å². The molecule has 0 unspecified atom stereocenters. The van der Waals surface area contributed by atoms with Crippen molar-refractivity contribution in [3.05, 3.63) is 58.1 Å². The quantitative estimate of drug-likeness (QED) is 0.409. The number of fused-ring (bicyclic) bond motifs is 4. The van der Waals surface area contributed by atoms with E-state index in [2.05, 4.69) is 26.7 Å². The van der Waals surface area contributed by atoms with Crippen LogP contribution in [0.15, 0.2) is 36.4 Å². The Morgan fingerprint density at radius 1 is 1.04 bits per heavy atom. The number of aryl methyl sites for hydroxylation is 1. The van der Waals surface area contributed by atoms with Gasteiger partial charge in [-0.15, -0.1) is 0 Å². The van der Waals surface area contributed by atoms with Gasteiger partial charge >= 0.3 is 0 Å². The van der Waals surface area contributed by atoms with E-state index in [1.807, 2.05) is 19.1 Å². The SMILES string of the molecule is C[C@@H]1[C@@H](C)CCC[C@](C=O)(CN2CCOCC2)[C@@H]2CC[C@H]2CN2C[C@@]3(CCCc4cc(Cl)ccc43)COc3ccc(cc32)C(=O)NS1(=O)=O. The van der Waals surface area contributed by atoms with Crippen LogP contribution in [0.1, 0.15) is 80.3 Å². The Bertz CT molecular complexity index is 1680. The molecular weight excluding hydrogens is 662 g/mol. The van der Waals surface area contributed by atoms with Gasteiger partial charge in [0.05, 0.1) is 30.8 Å². The number of hydrogen-bond donors (Lipinski definition) is 1. The van der Waals surface area contributed by atoms with E-state index in [0.717, 1.165) is 68.9 Å². The summed E-state index contributed by atoms with van der Waals surface area (Å²) in [7, 11) is -3.95. The molecule has 3 aliphatic heterocycles. The number of carbonyl (C=O) groups is 2. The summed E-state index contributed by atoms with van der Waals surface area (Å²) in [5, 5.41) is -0.0400. The second-order valence-electron chi connectivity index (χ2n) is 15.5. The fraction of sp³-hybridized carbons (Fsp3) is 0.632. The lowest BCUT2D eigenvalue weighted by atomic mass is 9.57. The summed E-state index contributed by atoms with van der Waals surface area (Å²) in [4.78, 5) is 31.8. The van der Waals surface area contributed by atoms with Gasteiger partial charge in [-0.1, -0.05) is 31.0 Å². The maximum absolute atomic E-state index is 13.6. The van der Waals surface area contributed by atoms with Gasteiger partial charge in [-0.3, -0.25) is 9.69 Å². The highest BCUT2D eigenvalue weighted by Crippen LogP contribution is 2.51. The number of hydrogen-bond acceptors (Lipinski definition) is 8. The number of ether oxygens (including phenoxy) is 2. The minimum atomic E-state index is -3.95. The zero-order valence-corrected chi connectivity index (χ0v) is 30.4. The molecule has 266 valence electrons. The third-order valence-corrected chi connectivity index (χ3v) is 14.7. The number of nitrogens with zero attached hydrogens (tertiary/aromatic N) is 2. The summed E-state index contributed by atoms with van der Waals surface area (Å²) < 4.78 is 41.7. The van der Waals surface area contributed by atoms with Crippen molar-refractivity contribution in [2.45, 2.75) is 75.9 Å². The highest BCUT2D eigenvalue weighted by atomic mass is 35.5. The van der Waals surface area contributed by atoms with Crippen LogP contribution in [0.3, 0.4) is 0 Å². The minimum Gasteiger partial charge on any atom is -0.490 e. The number of halogens is 1. The van der Waals surface area contributed by atoms with Crippen molar-refractivity contribution in [3.63, 3.8) is 0 Å². The molecule has 1 amide bonds. The fourth-order valence-corrected chi connectivity index (χ4v) is 10.9. The topological polar surface area (TPSA) is 105 Å². The number of morpholine rings is 1. The lowest BCUT2D eigenvalue weighted by Crippen LogP contribution is -2.55. The molecule has 2 bridgehead atoms. The normalized spacial score (nSPS) is 33.6. The molecule has 2 aliphatic carbocycles. The van der Waals surface area contributed by atoms with Gasteiger partial charge in [0.2, 0.25) is 10.0 Å². The van der Waals surface area contributed by atoms with Crippen molar-refractivity contribution >= 4 is 39.5 Å². The van der Waals surface area contributed by atoms with Crippen LogP contribution in [0.4, 0.5) is 5.69 Å². The standard InChI is InChI=1S/C38H50ClN3O6S/c1-26-5-3-13-37(24-43,22-41-15-17-47-18-16-41)33-10-7-30(33)21-42-23-38(14-4-6-28-19-31(39)9-11-32(28)38)25-48-35-12-8-29(20-34(35)42)36(44)40-49(45,46)27(26)2/h8-9,11-12,19-20,24,26-27,30,33H,3-7,10,13-18,21-23,25H2,1-2H3,(H,40,44)/t26-,27+,30-,33+,37+,38-/m0/s1. The molecule has 5 aliphatic rings. The highest BCUT2D eigenvalue weighted by Gasteiger charge is 2.50. The van der Waals surface area contributed by atoms with Crippen molar-refractivity contribution in [3.8, 4) is 5.75 Å². The van der Waals surface area contributed by atoms with Gasteiger partial charge in [0.25, 0.3) is 5.91 Å². The Labute approximate surface area is 296 Å². The van der Waals surface area contributed by atoms with Gasteiger partial charge in [0, 0.05) is 54.1 Å². The van der Waals surface area contributed by atoms with Gasteiger partial charge in [0.1, 0.15) is 12.0 Å². The van der Waals surface area contributed by atoms with Crippen molar-refractivity contribution in [2.75, 3.05) is 57.4 Å². The number of benzene rings is 2. The molecular formula is C38H50ClN3O6S. The van der Waals surface area contributed by atoms with E-state index in [-0.39, 0.29) is 28.7 Å². The fourth-order valence-electron chi connectivity index (χ4n) is 9.40. The van der Waals surface area contributed by atoms with Crippen LogP contribution in [0.2, 0.25) is 5.02 Å². The lowest BCUT2D eigenvalue weighted by Gasteiger charge is -2.52. The first-order chi connectivity index (χ1) is 23.5. The molecule has 7 rings (SSSR count). The molecule has 1 N–H and O–H groups in total. The van der Waals surface area contributed by atoms with Gasteiger partial charge in [0.15, 0.2) is 0 Å². The van der Waals surface area contributed by atoms with Crippen LogP contribution in [-0.4, -0.2) is 83.3 Å². The summed E-state index contributed by atoms with van der Waals surface area (Å²) >= 11 is 6.46. The minimum absolute atomic E-state index is 0.191. The highest BCUT2D eigenvalue weighted by molar-refractivity contribution is 7.90. The molecule has 49 heavy (non-hydrogen) atoms. The Kier molecular flexibility index (Phi) is 9.80. The summed E-state index contributed by atoms with van der Waals surface area (Å²) in [5.41, 5.74) is 2.77. The summed E-state index contributed by atoms with van der Waals surface area (Å²) in [6.07, 6.45) is 8.30. The van der Waals surface area contributed by atoms with E-state index >= 15 is 0 Å². The molecule has 0 aromatic heterocycles. The first-order valence-corrected chi connectivity index (χ1v) is 20.1. The van der Waals surface area contributed by atoms with Gasteiger partial charge < -0.3 is 19.2 Å². The monoisotopic (exact) mass is 711 g/mol. The summed E-state index contributed by atoms with van der Waals surface area (Å²) in [6.45, 7) is 9.16. The lowest BCUT2D eigenvalue weighted by molar-refractivity contribution is -0.128. The zero-order valence-electron chi connectivity index (χ0n) is 28.8. The largest absolute Gasteiger partial charge is 0.490 e. The zero-order chi connectivity index (χ0) is 34.4. The first-order valence-electron chi connectivity index (χ1n) is 18.2. The first kappa shape index (κ1) is 34.8. The molecule has 2 aromatic carbocycles. The maximum Gasteiger partial charge on any atom is 0.264 e. The smallest absolute Gasteiger partial charge is 0.264 e. The number of rotatable bonds is 3.